The van der Waals surface area contributed by atoms with E-state index in [2.05, 4.69) is 16.8 Å². The molecule has 0 saturated heterocycles. The summed E-state index contributed by atoms with van der Waals surface area (Å²) in [6.07, 6.45) is 3.18. The number of carbonyl (C=O) groups excluding carboxylic acids is 2. The van der Waals surface area contributed by atoms with Crippen LogP contribution in [-0.4, -0.2) is 33.3 Å². The van der Waals surface area contributed by atoms with Gasteiger partial charge in [-0.1, -0.05) is 73.3 Å². The van der Waals surface area contributed by atoms with Crippen molar-refractivity contribution in [3.8, 4) is 0 Å². The Balaban J connectivity index is 1.80. The number of imidazole rings is 1. The molecular formula is C28H35Cl2N3O4. The highest BCUT2D eigenvalue weighted by molar-refractivity contribution is 6.42. The van der Waals surface area contributed by atoms with Gasteiger partial charge in [0.15, 0.2) is 0 Å². The van der Waals surface area contributed by atoms with Crippen LogP contribution in [0, 0.1) is 0 Å². The SMILES string of the molecule is CCCCCn1c(CC[C@H](NC(=O)OC(C)(C)C)C(=O)OCc2ccccc2)nc2cc(Cl)c(Cl)cc21. The van der Waals surface area contributed by atoms with Crippen molar-refractivity contribution in [2.24, 2.45) is 0 Å². The highest BCUT2D eigenvalue weighted by atomic mass is 35.5. The summed E-state index contributed by atoms with van der Waals surface area (Å²) in [6, 6.07) is 12.1. The van der Waals surface area contributed by atoms with Gasteiger partial charge in [0.2, 0.25) is 0 Å². The number of amides is 1. The molecule has 1 N–H and O–H groups in total. The number of benzene rings is 2. The zero-order valence-corrected chi connectivity index (χ0v) is 23.4. The largest absolute Gasteiger partial charge is 0.459 e. The highest BCUT2D eigenvalue weighted by Gasteiger charge is 2.26. The number of nitrogens with one attached hydrogen (secondary N) is 1. The van der Waals surface area contributed by atoms with Gasteiger partial charge in [0.05, 0.1) is 21.1 Å². The maximum absolute atomic E-state index is 13.0. The minimum atomic E-state index is -0.908. The number of nitrogens with zero attached hydrogens (tertiary/aromatic N) is 2. The van der Waals surface area contributed by atoms with E-state index in [4.69, 9.17) is 37.7 Å². The standard InChI is InChI=1S/C28H35Cl2N3O4/c1-5-6-10-15-33-24-17-21(30)20(29)16-23(24)31-25(33)14-13-22(32-27(35)37-28(2,3)4)26(34)36-18-19-11-8-7-9-12-19/h7-9,11-12,16-17,22H,5-6,10,13-15,18H2,1-4H3,(H,32,35)/t22-/m0/s1. The lowest BCUT2D eigenvalue weighted by Gasteiger charge is -2.23. The Morgan fingerprint density at radius 2 is 1.78 bits per heavy atom. The van der Waals surface area contributed by atoms with Crippen molar-refractivity contribution in [3.63, 3.8) is 0 Å². The first kappa shape index (κ1) is 28.8. The maximum atomic E-state index is 13.0. The Morgan fingerprint density at radius 3 is 2.46 bits per heavy atom. The van der Waals surface area contributed by atoms with Crippen LogP contribution in [0.5, 0.6) is 0 Å². The minimum Gasteiger partial charge on any atom is -0.459 e. The van der Waals surface area contributed by atoms with Gasteiger partial charge in [-0.15, -0.1) is 0 Å². The predicted molar refractivity (Wildman–Crippen MR) is 147 cm³/mol. The lowest BCUT2D eigenvalue weighted by atomic mass is 10.1. The van der Waals surface area contributed by atoms with E-state index in [-0.39, 0.29) is 13.0 Å². The second kappa shape index (κ2) is 13.2. The van der Waals surface area contributed by atoms with Gasteiger partial charge in [-0.05, 0) is 51.3 Å². The molecule has 0 aliphatic rings. The van der Waals surface area contributed by atoms with E-state index in [1.165, 1.54) is 0 Å². The van der Waals surface area contributed by atoms with Gasteiger partial charge in [0.1, 0.15) is 24.1 Å². The van der Waals surface area contributed by atoms with Crippen LogP contribution in [0.2, 0.25) is 10.0 Å². The molecule has 0 bridgehead atoms. The molecule has 3 aromatic rings. The van der Waals surface area contributed by atoms with E-state index in [9.17, 15) is 9.59 Å². The third kappa shape index (κ3) is 8.64. The van der Waals surface area contributed by atoms with Crippen LogP contribution in [0.3, 0.4) is 0 Å². The van der Waals surface area contributed by atoms with Gasteiger partial charge < -0.3 is 19.4 Å². The minimum absolute atomic E-state index is 0.110. The summed E-state index contributed by atoms with van der Waals surface area (Å²) in [5, 5.41) is 3.59. The van der Waals surface area contributed by atoms with E-state index in [1.807, 2.05) is 36.4 Å². The fraction of sp³-hybridized carbons (Fsp3) is 0.464. The number of hydrogen-bond acceptors (Lipinski definition) is 5. The molecule has 2 aromatic carbocycles. The molecule has 0 aliphatic heterocycles. The van der Waals surface area contributed by atoms with Crippen LogP contribution in [0.25, 0.3) is 11.0 Å². The Bertz CT molecular complexity index is 1210. The quantitative estimate of drug-likeness (QED) is 0.204. The molecule has 3 rings (SSSR count). The molecule has 0 saturated carbocycles. The van der Waals surface area contributed by atoms with Crippen molar-refractivity contribution in [3.05, 3.63) is 63.9 Å². The molecule has 37 heavy (non-hydrogen) atoms. The first-order chi connectivity index (χ1) is 17.6. The van der Waals surface area contributed by atoms with Crippen molar-refractivity contribution >= 4 is 46.3 Å². The van der Waals surface area contributed by atoms with Crippen LogP contribution >= 0.6 is 23.2 Å². The van der Waals surface area contributed by atoms with Crippen LogP contribution < -0.4 is 5.32 Å². The summed E-state index contributed by atoms with van der Waals surface area (Å²) in [7, 11) is 0. The van der Waals surface area contributed by atoms with E-state index in [0.717, 1.165) is 48.2 Å². The summed E-state index contributed by atoms with van der Waals surface area (Å²) in [6.45, 7) is 8.33. The topological polar surface area (TPSA) is 82.5 Å². The number of alkyl carbamates (subject to hydrolysis) is 1. The van der Waals surface area contributed by atoms with Crippen LogP contribution in [0.4, 0.5) is 4.79 Å². The monoisotopic (exact) mass is 547 g/mol. The number of hydrogen-bond donors (Lipinski definition) is 1. The fourth-order valence-electron chi connectivity index (χ4n) is 3.93. The molecule has 0 radical (unpaired) electrons. The zero-order valence-electron chi connectivity index (χ0n) is 21.9. The van der Waals surface area contributed by atoms with Crippen molar-refractivity contribution in [2.45, 2.75) is 84.6 Å². The molecular weight excluding hydrogens is 513 g/mol. The molecule has 200 valence electrons. The number of fused-ring (bicyclic) bond motifs is 1. The van der Waals surface area contributed by atoms with Crippen molar-refractivity contribution in [2.75, 3.05) is 0 Å². The number of rotatable bonds is 11. The first-order valence-electron chi connectivity index (χ1n) is 12.6. The summed E-state index contributed by atoms with van der Waals surface area (Å²) in [4.78, 5) is 30.3. The molecule has 0 spiro atoms. The Morgan fingerprint density at radius 1 is 1.08 bits per heavy atom. The molecule has 1 amide bonds. The van der Waals surface area contributed by atoms with Gasteiger partial charge in [-0.3, -0.25) is 0 Å². The Hall–Kier alpha value is -2.77. The Labute approximate surface area is 228 Å². The van der Waals surface area contributed by atoms with Crippen LogP contribution in [0.15, 0.2) is 42.5 Å². The normalized spacial score (nSPS) is 12.4. The van der Waals surface area contributed by atoms with Gasteiger partial charge >= 0.3 is 12.1 Å². The molecule has 0 fully saturated rings. The van der Waals surface area contributed by atoms with Gasteiger partial charge in [-0.2, -0.15) is 0 Å². The van der Waals surface area contributed by atoms with Crippen LogP contribution in [0.1, 0.15) is 64.8 Å². The van der Waals surface area contributed by atoms with E-state index in [0.29, 0.717) is 16.5 Å². The number of ether oxygens (including phenoxy) is 2. The lowest BCUT2D eigenvalue weighted by molar-refractivity contribution is -0.147. The van der Waals surface area contributed by atoms with Crippen molar-refractivity contribution < 1.29 is 19.1 Å². The number of esters is 1. The molecule has 7 nitrogen and oxygen atoms in total. The van der Waals surface area contributed by atoms with Crippen LogP contribution in [-0.2, 0) is 33.8 Å². The molecule has 9 heteroatoms. The van der Waals surface area contributed by atoms with Crippen molar-refractivity contribution in [1.29, 1.82) is 0 Å². The number of aromatic nitrogens is 2. The molecule has 0 aliphatic carbocycles. The van der Waals surface area contributed by atoms with E-state index < -0.39 is 23.7 Å². The van der Waals surface area contributed by atoms with Gasteiger partial charge in [-0.25, -0.2) is 14.6 Å². The average Bonchev–Trinajstić information content (AvgIpc) is 3.16. The molecule has 1 heterocycles. The summed E-state index contributed by atoms with van der Waals surface area (Å²) in [5.74, 6) is 0.255. The first-order valence-corrected chi connectivity index (χ1v) is 13.4. The Kier molecular flexibility index (Phi) is 10.2. The number of carbonyl (C=O) groups is 2. The third-order valence-corrected chi connectivity index (χ3v) is 6.43. The third-order valence-electron chi connectivity index (χ3n) is 5.71. The highest BCUT2D eigenvalue weighted by Crippen LogP contribution is 2.29. The van der Waals surface area contributed by atoms with Gasteiger partial charge in [0, 0.05) is 13.0 Å². The second-order valence-electron chi connectivity index (χ2n) is 9.97. The maximum Gasteiger partial charge on any atom is 0.408 e. The van der Waals surface area contributed by atoms with Crippen molar-refractivity contribution in [1.82, 2.24) is 14.9 Å². The zero-order chi connectivity index (χ0) is 27.0. The summed E-state index contributed by atoms with van der Waals surface area (Å²) >= 11 is 12.5. The molecule has 1 atom stereocenters. The molecule has 1 aromatic heterocycles. The predicted octanol–water partition coefficient (Wildman–Crippen LogP) is 7.10. The average molecular weight is 549 g/mol. The second-order valence-corrected chi connectivity index (χ2v) is 10.8. The fourth-order valence-corrected chi connectivity index (χ4v) is 4.25. The van der Waals surface area contributed by atoms with Gasteiger partial charge in [0.25, 0.3) is 0 Å². The number of aryl methyl sites for hydroxylation is 2. The smallest absolute Gasteiger partial charge is 0.408 e. The van der Waals surface area contributed by atoms with E-state index in [1.54, 1.807) is 26.8 Å². The summed E-state index contributed by atoms with van der Waals surface area (Å²) in [5.41, 5.74) is 1.79. The lowest BCUT2D eigenvalue weighted by Crippen LogP contribution is -2.44. The summed E-state index contributed by atoms with van der Waals surface area (Å²) < 4.78 is 13.0. The molecule has 0 unspecified atom stereocenters. The van der Waals surface area contributed by atoms with E-state index >= 15 is 0 Å². The number of unbranched alkanes of at least 4 members (excludes halogenated alkanes) is 2. The number of halogens is 2.